The van der Waals surface area contributed by atoms with E-state index < -0.39 is 23.8 Å². The van der Waals surface area contributed by atoms with Crippen molar-refractivity contribution < 1.29 is 19.1 Å². The van der Waals surface area contributed by atoms with Crippen molar-refractivity contribution in [2.75, 3.05) is 11.5 Å². The van der Waals surface area contributed by atoms with Gasteiger partial charge in [-0.25, -0.2) is 4.79 Å². The molecule has 0 spiro atoms. The third-order valence-electron chi connectivity index (χ3n) is 2.97. The van der Waals surface area contributed by atoms with Gasteiger partial charge >= 0.3 is 11.9 Å². The second-order valence-electron chi connectivity index (χ2n) is 4.15. The predicted molar refractivity (Wildman–Crippen MR) is 67.2 cm³/mol. The van der Waals surface area contributed by atoms with E-state index in [1.807, 2.05) is 0 Å². The number of amides is 2. The van der Waals surface area contributed by atoms with Crippen molar-refractivity contribution in [2.45, 2.75) is 19.4 Å². The number of primary amides is 1. The van der Waals surface area contributed by atoms with Gasteiger partial charge < -0.3 is 10.5 Å². The highest BCUT2D eigenvalue weighted by Crippen LogP contribution is 2.32. The minimum atomic E-state index is -0.981. The minimum Gasteiger partial charge on any atom is -0.459 e. The SMILES string of the molecule is CCOC(=O)C(=O)N1c2ccccc2CC1C(N)=O. The summed E-state index contributed by atoms with van der Waals surface area (Å²) in [5.74, 6) is -2.49. The zero-order chi connectivity index (χ0) is 14.0. The van der Waals surface area contributed by atoms with Gasteiger partial charge in [-0.2, -0.15) is 0 Å². The molecule has 1 aromatic rings. The quantitative estimate of drug-likeness (QED) is 0.599. The molecular formula is C13H14N2O4. The number of carbonyl (C=O) groups is 3. The first-order chi connectivity index (χ1) is 9.06. The van der Waals surface area contributed by atoms with E-state index in [4.69, 9.17) is 5.73 Å². The van der Waals surface area contributed by atoms with E-state index in [1.54, 1.807) is 31.2 Å². The Bertz CT molecular complexity index is 541. The maximum Gasteiger partial charge on any atom is 0.397 e. The summed E-state index contributed by atoms with van der Waals surface area (Å²) in [4.78, 5) is 36.2. The molecule has 0 saturated heterocycles. The predicted octanol–water partition coefficient (Wildman–Crippen LogP) is -0.00730. The molecule has 0 aliphatic carbocycles. The number of hydrogen-bond donors (Lipinski definition) is 1. The van der Waals surface area contributed by atoms with Gasteiger partial charge in [-0.3, -0.25) is 14.5 Å². The maximum atomic E-state index is 12.1. The highest BCUT2D eigenvalue weighted by Gasteiger charge is 2.40. The van der Waals surface area contributed by atoms with Gasteiger partial charge in [-0.05, 0) is 18.6 Å². The fourth-order valence-electron chi connectivity index (χ4n) is 2.16. The molecule has 100 valence electrons. The summed E-state index contributed by atoms with van der Waals surface area (Å²) < 4.78 is 4.68. The van der Waals surface area contributed by atoms with Crippen molar-refractivity contribution in [2.24, 2.45) is 5.73 Å². The van der Waals surface area contributed by atoms with Crippen LogP contribution in [0.5, 0.6) is 0 Å². The number of nitrogens with zero attached hydrogens (tertiary/aromatic N) is 1. The fraction of sp³-hybridized carbons (Fsp3) is 0.308. The normalized spacial score (nSPS) is 16.9. The van der Waals surface area contributed by atoms with Crippen LogP contribution < -0.4 is 10.6 Å². The maximum absolute atomic E-state index is 12.1. The van der Waals surface area contributed by atoms with E-state index >= 15 is 0 Å². The second-order valence-corrected chi connectivity index (χ2v) is 4.15. The fourth-order valence-corrected chi connectivity index (χ4v) is 2.16. The van der Waals surface area contributed by atoms with Crippen LogP contribution >= 0.6 is 0 Å². The highest BCUT2D eigenvalue weighted by molar-refractivity contribution is 6.39. The van der Waals surface area contributed by atoms with E-state index in [9.17, 15) is 14.4 Å². The van der Waals surface area contributed by atoms with Gasteiger partial charge in [-0.1, -0.05) is 18.2 Å². The van der Waals surface area contributed by atoms with Crippen LogP contribution in [0.1, 0.15) is 12.5 Å². The van der Waals surface area contributed by atoms with Crippen molar-refractivity contribution in [3.05, 3.63) is 29.8 Å². The van der Waals surface area contributed by atoms with Crippen LogP contribution in [-0.2, 0) is 25.5 Å². The summed E-state index contributed by atoms with van der Waals surface area (Å²) in [6.07, 6.45) is 0.316. The average molecular weight is 262 g/mol. The Morgan fingerprint density at radius 1 is 1.37 bits per heavy atom. The van der Waals surface area contributed by atoms with E-state index in [1.165, 1.54) is 0 Å². The lowest BCUT2D eigenvalue weighted by atomic mass is 10.1. The topological polar surface area (TPSA) is 89.7 Å². The van der Waals surface area contributed by atoms with Gasteiger partial charge in [0.15, 0.2) is 0 Å². The van der Waals surface area contributed by atoms with Crippen LogP contribution in [0.2, 0.25) is 0 Å². The van der Waals surface area contributed by atoms with Crippen molar-refractivity contribution in [3.63, 3.8) is 0 Å². The van der Waals surface area contributed by atoms with Crippen molar-refractivity contribution in [1.29, 1.82) is 0 Å². The summed E-state index contributed by atoms with van der Waals surface area (Å²) in [5, 5.41) is 0. The third-order valence-corrected chi connectivity index (χ3v) is 2.97. The standard InChI is InChI=1S/C13H14N2O4/c1-2-19-13(18)12(17)15-9-6-4-3-5-8(9)7-10(15)11(14)16/h3-6,10H,2,7H2,1H3,(H2,14,16). The van der Waals surface area contributed by atoms with Crippen LogP contribution in [0.25, 0.3) is 0 Å². The van der Waals surface area contributed by atoms with Gasteiger partial charge in [0.2, 0.25) is 5.91 Å². The zero-order valence-electron chi connectivity index (χ0n) is 10.5. The third kappa shape index (κ3) is 2.29. The molecule has 0 radical (unpaired) electrons. The largest absolute Gasteiger partial charge is 0.459 e. The molecule has 1 heterocycles. The van der Waals surface area contributed by atoms with E-state index in [-0.39, 0.29) is 6.61 Å². The molecule has 1 aliphatic rings. The number of esters is 1. The molecule has 1 aliphatic heterocycles. The smallest absolute Gasteiger partial charge is 0.397 e. The number of fused-ring (bicyclic) bond motifs is 1. The molecule has 1 aromatic carbocycles. The molecule has 0 bridgehead atoms. The van der Waals surface area contributed by atoms with Crippen molar-refractivity contribution in [1.82, 2.24) is 0 Å². The molecule has 2 N–H and O–H groups in total. The van der Waals surface area contributed by atoms with E-state index in [0.717, 1.165) is 10.5 Å². The number of rotatable bonds is 2. The number of anilines is 1. The average Bonchev–Trinajstić information content (AvgIpc) is 2.77. The lowest BCUT2D eigenvalue weighted by molar-refractivity contribution is -0.153. The summed E-state index contributed by atoms with van der Waals surface area (Å²) >= 11 is 0. The molecule has 0 fully saturated rings. The minimum absolute atomic E-state index is 0.0985. The molecule has 6 nitrogen and oxygen atoms in total. The lowest BCUT2D eigenvalue weighted by Gasteiger charge is -2.21. The van der Waals surface area contributed by atoms with Crippen molar-refractivity contribution in [3.8, 4) is 0 Å². The number of ether oxygens (including phenoxy) is 1. The molecule has 19 heavy (non-hydrogen) atoms. The van der Waals surface area contributed by atoms with Crippen LogP contribution in [0, 0.1) is 0 Å². The molecule has 1 unspecified atom stereocenters. The number of carbonyl (C=O) groups excluding carboxylic acids is 3. The Labute approximate surface area is 110 Å². The Balaban J connectivity index is 2.37. The first-order valence-corrected chi connectivity index (χ1v) is 5.93. The molecule has 1 atom stereocenters. The molecule has 0 saturated carbocycles. The summed E-state index contributed by atoms with van der Waals surface area (Å²) in [7, 11) is 0. The number of para-hydroxylation sites is 1. The van der Waals surface area contributed by atoms with Gasteiger partial charge in [0, 0.05) is 12.1 Å². The Morgan fingerprint density at radius 3 is 2.68 bits per heavy atom. The van der Waals surface area contributed by atoms with Crippen LogP contribution in [0.4, 0.5) is 5.69 Å². The Hall–Kier alpha value is -2.37. The van der Waals surface area contributed by atoms with E-state index in [0.29, 0.717) is 12.1 Å². The molecule has 2 rings (SSSR count). The van der Waals surface area contributed by atoms with Gasteiger partial charge in [0.05, 0.1) is 6.61 Å². The molecule has 0 aromatic heterocycles. The lowest BCUT2D eigenvalue weighted by Crippen LogP contribution is -2.49. The van der Waals surface area contributed by atoms with Gasteiger partial charge in [0.25, 0.3) is 0 Å². The molecule has 2 amide bonds. The Kier molecular flexibility index (Phi) is 3.50. The van der Waals surface area contributed by atoms with Crippen LogP contribution in [-0.4, -0.2) is 30.4 Å². The summed E-state index contributed by atoms with van der Waals surface area (Å²) in [6.45, 7) is 1.70. The number of nitrogens with two attached hydrogens (primary N) is 1. The summed E-state index contributed by atoms with van der Waals surface area (Å²) in [5.41, 5.74) is 6.64. The van der Waals surface area contributed by atoms with Gasteiger partial charge in [-0.15, -0.1) is 0 Å². The van der Waals surface area contributed by atoms with Crippen LogP contribution in [0.3, 0.4) is 0 Å². The van der Waals surface area contributed by atoms with Crippen LogP contribution in [0.15, 0.2) is 24.3 Å². The summed E-state index contributed by atoms with van der Waals surface area (Å²) in [6, 6.07) is 6.16. The highest BCUT2D eigenvalue weighted by atomic mass is 16.5. The number of benzene rings is 1. The zero-order valence-corrected chi connectivity index (χ0v) is 10.5. The second kappa shape index (κ2) is 5.09. The number of hydrogen-bond acceptors (Lipinski definition) is 4. The monoisotopic (exact) mass is 262 g/mol. The molecular weight excluding hydrogens is 248 g/mol. The van der Waals surface area contributed by atoms with Gasteiger partial charge in [0.1, 0.15) is 6.04 Å². The Morgan fingerprint density at radius 2 is 2.05 bits per heavy atom. The first kappa shape index (κ1) is 13.1. The first-order valence-electron chi connectivity index (χ1n) is 5.93. The molecule has 6 heteroatoms. The van der Waals surface area contributed by atoms with E-state index in [2.05, 4.69) is 4.74 Å². The van der Waals surface area contributed by atoms with Crippen molar-refractivity contribution >= 4 is 23.5 Å².